The van der Waals surface area contributed by atoms with Crippen LogP contribution < -0.4 is 4.57 Å². The largest absolute Gasteiger partial charge is 0.748 e. The monoisotopic (exact) mass is 1020 g/mol. The SMILES string of the molecule is C=CN1C=CN(CCCS(=O)(=O)[O-])C1.C=Cc1cc[n+](CCCS(=O)(=O)[O-])cc1.C=Cc1ccc(CN2C=CN(CCCS(=O)(=O)[O-])C2)cc1.C=Cc1ccc(C[N+](C)(C)CCS(=O)(=O)[O-])cc1. The molecule has 0 spiro atoms. The quantitative estimate of drug-likeness (QED) is 0.0742. The van der Waals surface area contributed by atoms with Crippen molar-refractivity contribution in [2.75, 3.05) is 70.1 Å². The molecule has 22 heteroatoms. The lowest BCUT2D eigenvalue weighted by atomic mass is 10.1. The average Bonchev–Trinajstić information content (AvgIpc) is 3.92. The Labute approximate surface area is 404 Å². The van der Waals surface area contributed by atoms with Crippen LogP contribution in [0.5, 0.6) is 0 Å². The molecule has 376 valence electrons. The molecule has 2 aliphatic heterocycles. The fourth-order valence-electron chi connectivity index (χ4n) is 6.26. The number of aromatic nitrogens is 1. The van der Waals surface area contributed by atoms with Gasteiger partial charge < -0.3 is 42.3 Å². The van der Waals surface area contributed by atoms with Gasteiger partial charge >= 0.3 is 0 Å². The van der Waals surface area contributed by atoms with Crippen LogP contribution in [0.1, 0.15) is 47.1 Å². The Morgan fingerprint density at radius 2 is 0.956 bits per heavy atom. The molecule has 0 amide bonds. The molecule has 2 aromatic carbocycles. The molecule has 0 atom stereocenters. The fraction of sp³-hybridized carbons (Fsp3) is 0.370. The van der Waals surface area contributed by atoms with Crippen LogP contribution in [0, 0.1) is 0 Å². The van der Waals surface area contributed by atoms with Crippen molar-refractivity contribution in [3.8, 4) is 0 Å². The van der Waals surface area contributed by atoms with E-state index in [4.69, 9.17) is 0 Å². The minimum absolute atomic E-state index is 0.300. The first-order valence-corrected chi connectivity index (χ1v) is 27.6. The van der Waals surface area contributed by atoms with Crippen molar-refractivity contribution in [2.45, 2.75) is 38.9 Å². The van der Waals surface area contributed by atoms with Crippen LogP contribution in [0.4, 0.5) is 0 Å². The highest BCUT2D eigenvalue weighted by atomic mass is 32.2. The van der Waals surface area contributed by atoms with Crippen LogP contribution >= 0.6 is 0 Å². The second kappa shape index (κ2) is 28.4. The molecule has 0 bridgehead atoms. The van der Waals surface area contributed by atoms with Crippen molar-refractivity contribution in [3.63, 3.8) is 0 Å². The molecule has 0 saturated carbocycles. The van der Waals surface area contributed by atoms with Gasteiger partial charge in [-0.25, -0.2) is 38.2 Å². The molecule has 2 aliphatic rings. The third kappa shape index (κ3) is 28.2. The van der Waals surface area contributed by atoms with Crippen molar-refractivity contribution in [1.29, 1.82) is 0 Å². The van der Waals surface area contributed by atoms with E-state index in [0.29, 0.717) is 69.8 Å². The van der Waals surface area contributed by atoms with Crippen LogP contribution in [0.15, 0.2) is 130 Å². The average molecular weight is 1020 g/mol. The summed E-state index contributed by atoms with van der Waals surface area (Å²) in [5, 5.41) is 0. The summed E-state index contributed by atoms with van der Waals surface area (Å²) in [4.78, 5) is 7.93. The van der Waals surface area contributed by atoms with Crippen LogP contribution in [-0.2, 0) is 60.1 Å². The van der Waals surface area contributed by atoms with Gasteiger partial charge in [-0.05, 0) is 41.3 Å². The lowest BCUT2D eigenvalue weighted by Gasteiger charge is -2.30. The predicted octanol–water partition coefficient (Wildman–Crippen LogP) is 3.93. The maximum atomic E-state index is 10.6. The first-order chi connectivity index (χ1) is 31.7. The van der Waals surface area contributed by atoms with Crippen molar-refractivity contribution in [1.82, 2.24) is 19.6 Å². The minimum atomic E-state index is -4.14. The number of hydrogen-bond donors (Lipinski definition) is 0. The van der Waals surface area contributed by atoms with E-state index in [9.17, 15) is 51.9 Å². The highest BCUT2D eigenvalue weighted by Gasteiger charge is 2.17. The molecular weight excluding hydrogens is 957 g/mol. The van der Waals surface area contributed by atoms with E-state index in [1.807, 2.05) is 125 Å². The summed E-state index contributed by atoms with van der Waals surface area (Å²) >= 11 is 0. The highest BCUT2D eigenvalue weighted by Crippen LogP contribution is 2.15. The summed E-state index contributed by atoms with van der Waals surface area (Å²) in [5.74, 6) is -1.25. The molecule has 3 aromatic rings. The Morgan fingerprint density at radius 3 is 1.40 bits per heavy atom. The first-order valence-electron chi connectivity index (χ1n) is 21.3. The number of aryl methyl sites for hydroxylation is 1. The van der Waals surface area contributed by atoms with Crippen molar-refractivity contribution in [3.05, 3.63) is 158 Å². The van der Waals surface area contributed by atoms with Gasteiger partial charge in [0.05, 0.1) is 70.1 Å². The molecule has 0 N–H and O–H groups in total. The van der Waals surface area contributed by atoms with Gasteiger partial charge in [0.15, 0.2) is 12.4 Å². The van der Waals surface area contributed by atoms with Crippen molar-refractivity contribution < 1.29 is 60.9 Å². The number of quaternary nitrogens is 1. The highest BCUT2D eigenvalue weighted by molar-refractivity contribution is 7.86. The van der Waals surface area contributed by atoms with Gasteiger partial charge in [0.25, 0.3) is 0 Å². The van der Waals surface area contributed by atoms with Gasteiger partial charge in [-0.2, -0.15) is 0 Å². The Kier molecular flexibility index (Phi) is 24.6. The Balaban J connectivity index is 0.000000315. The van der Waals surface area contributed by atoms with Crippen molar-refractivity contribution >= 4 is 58.7 Å². The van der Waals surface area contributed by atoms with E-state index < -0.39 is 40.5 Å². The predicted molar refractivity (Wildman–Crippen MR) is 262 cm³/mol. The van der Waals surface area contributed by atoms with Gasteiger partial charge in [0.2, 0.25) is 0 Å². The topological polar surface area (TPSA) is 246 Å². The van der Waals surface area contributed by atoms with Gasteiger partial charge in [-0.3, -0.25) is 0 Å². The van der Waals surface area contributed by atoms with Crippen LogP contribution in [0.3, 0.4) is 0 Å². The molecule has 0 fully saturated rings. The summed E-state index contributed by atoms with van der Waals surface area (Å²) in [6, 6.07) is 19.8. The van der Waals surface area contributed by atoms with Gasteiger partial charge in [-0.1, -0.05) is 93.1 Å². The lowest BCUT2D eigenvalue weighted by molar-refractivity contribution is -0.901. The maximum Gasteiger partial charge on any atom is 0.169 e. The number of nitrogens with zero attached hydrogens (tertiary/aromatic N) is 6. The van der Waals surface area contributed by atoms with E-state index in [1.54, 1.807) is 18.4 Å². The Bertz CT molecular complexity index is 2570. The zero-order valence-corrected chi connectivity index (χ0v) is 42.0. The van der Waals surface area contributed by atoms with E-state index in [-0.39, 0.29) is 23.0 Å². The second-order valence-corrected chi connectivity index (χ2v) is 22.4. The molecule has 0 aliphatic carbocycles. The molecule has 0 saturated heterocycles. The summed E-state index contributed by atoms with van der Waals surface area (Å²) in [6.45, 7) is 19.5. The Morgan fingerprint density at radius 1 is 0.544 bits per heavy atom. The number of pyridine rings is 1. The van der Waals surface area contributed by atoms with E-state index in [0.717, 1.165) is 28.8 Å². The minimum Gasteiger partial charge on any atom is -0.748 e. The van der Waals surface area contributed by atoms with E-state index >= 15 is 0 Å². The molecule has 1 aromatic heterocycles. The standard InChI is InChI=1S/C15H20N2O3S.C13H19NO3S.C10H13NO3S.C8H14N2O3S/c1-2-14-4-6-15(7-5-14)12-17-10-9-16(13-17)8-3-11-21(18,19)20;1-4-12-5-7-13(8-6-12)11-14(2,3)9-10-18(15,16)17;1-2-10-4-7-11(8-5-10)6-3-9-15(12,13)14;1-2-9-5-6-10(8-9)4-3-7-14(11,12)13/h2,4-7,9-10H,1,3,8,11-13H2,(H,18,19,20);4-8H,1,9-11H2,2-3H3;2,4-5,7-8H,1,3,6,9H2;2,5-6H,1,3-4,7-8H2,(H,11,12,13)/p-2. The molecule has 68 heavy (non-hydrogen) atoms. The van der Waals surface area contributed by atoms with Crippen LogP contribution in [0.25, 0.3) is 18.2 Å². The van der Waals surface area contributed by atoms with Gasteiger partial charge in [0.1, 0.15) is 23.2 Å². The third-order valence-electron chi connectivity index (χ3n) is 9.92. The fourth-order valence-corrected chi connectivity index (χ4v) is 8.43. The molecule has 0 unspecified atom stereocenters. The number of hydrogen-bond acceptors (Lipinski definition) is 16. The normalized spacial score (nSPS) is 13.7. The van der Waals surface area contributed by atoms with Gasteiger partial charge in [-0.15, -0.1) is 0 Å². The Hall–Kier alpha value is -5.17. The number of rotatable bonds is 23. The smallest absolute Gasteiger partial charge is 0.169 e. The summed E-state index contributed by atoms with van der Waals surface area (Å²) in [7, 11) is -12.6. The summed E-state index contributed by atoms with van der Waals surface area (Å²) < 4.78 is 128. The summed E-state index contributed by atoms with van der Waals surface area (Å²) in [5.41, 5.74) is 5.45. The molecule has 18 nitrogen and oxygen atoms in total. The molecule has 5 rings (SSSR count). The zero-order valence-electron chi connectivity index (χ0n) is 38.7. The second-order valence-electron chi connectivity index (χ2n) is 16.3. The van der Waals surface area contributed by atoms with E-state index in [1.165, 1.54) is 5.56 Å². The van der Waals surface area contributed by atoms with Gasteiger partial charge in [0, 0.05) is 85.8 Å². The summed E-state index contributed by atoms with van der Waals surface area (Å²) in [6.07, 6.45) is 19.3. The third-order valence-corrected chi connectivity index (χ3v) is 13.0. The lowest BCUT2D eigenvalue weighted by Crippen LogP contribution is -2.42. The zero-order chi connectivity index (χ0) is 51.0. The first kappa shape index (κ1) is 59.0. The number of benzene rings is 2. The maximum absolute atomic E-state index is 10.6. The van der Waals surface area contributed by atoms with Crippen LogP contribution in [-0.4, -0.2) is 146 Å². The van der Waals surface area contributed by atoms with Crippen LogP contribution in [0.2, 0.25) is 0 Å². The molecule has 0 radical (unpaired) electrons. The van der Waals surface area contributed by atoms with E-state index in [2.05, 4.69) is 43.3 Å². The molecule has 3 heterocycles. The van der Waals surface area contributed by atoms with Crippen molar-refractivity contribution in [2.24, 2.45) is 0 Å². The molecular formula is C46H64N6O12S4-2.